The summed E-state index contributed by atoms with van der Waals surface area (Å²) in [7, 11) is 0. The Labute approximate surface area is 94.7 Å². The molecule has 0 spiro atoms. The van der Waals surface area contributed by atoms with E-state index in [1.165, 1.54) is 6.07 Å². The van der Waals surface area contributed by atoms with Gasteiger partial charge in [0.2, 0.25) is 0 Å². The van der Waals surface area contributed by atoms with Gasteiger partial charge in [-0.2, -0.15) is 0 Å². The third kappa shape index (κ3) is 1.38. The lowest BCUT2D eigenvalue weighted by molar-refractivity contribution is 0.467. The molecular weight excluding hydrogens is 223 g/mol. The van der Waals surface area contributed by atoms with E-state index >= 15 is 0 Å². The third-order valence-corrected chi connectivity index (χ3v) is 2.66. The zero-order valence-corrected chi connectivity index (χ0v) is 8.61. The van der Waals surface area contributed by atoms with E-state index in [9.17, 15) is 14.3 Å². The molecule has 17 heavy (non-hydrogen) atoms. The summed E-state index contributed by atoms with van der Waals surface area (Å²) in [5.41, 5.74) is -0.496. The number of phenols is 1. The van der Waals surface area contributed by atoms with Crippen LogP contribution < -0.4 is 5.63 Å². The molecule has 0 bridgehead atoms. The molecule has 84 valence electrons. The van der Waals surface area contributed by atoms with E-state index in [0.29, 0.717) is 10.8 Å². The Balaban J connectivity index is 2.69. The predicted molar refractivity (Wildman–Crippen MR) is 61.6 cm³/mol. The van der Waals surface area contributed by atoms with Crippen LogP contribution in [0.3, 0.4) is 0 Å². The highest BCUT2D eigenvalue weighted by Gasteiger charge is 2.11. The van der Waals surface area contributed by atoms with Gasteiger partial charge in [-0.25, -0.2) is 9.18 Å². The first-order valence-electron chi connectivity index (χ1n) is 5.01. The van der Waals surface area contributed by atoms with Gasteiger partial charge in [0.15, 0.2) is 0 Å². The SMILES string of the molecule is O=c1oc2cc(O)cc(F)c2c2ccccc12. The molecule has 0 atom stereocenters. The lowest BCUT2D eigenvalue weighted by Crippen LogP contribution is -2.00. The van der Waals surface area contributed by atoms with Crippen molar-refractivity contribution in [1.82, 2.24) is 0 Å². The van der Waals surface area contributed by atoms with Gasteiger partial charge in [-0.1, -0.05) is 18.2 Å². The minimum atomic E-state index is -0.611. The van der Waals surface area contributed by atoms with Crippen molar-refractivity contribution in [1.29, 1.82) is 0 Å². The van der Waals surface area contributed by atoms with Crippen LogP contribution in [0, 0.1) is 5.82 Å². The van der Waals surface area contributed by atoms with Crippen LogP contribution >= 0.6 is 0 Å². The Kier molecular flexibility index (Phi) is 1.92. The Hall–Kier alpha value is -2.36. The minimum absolute atomic E-state index is 0.0474. The monoisotopic (exact) mass is 230 g/mol. The van der Waals surface area contributed by atoms with Crippen LogP contribution in [-0.2, 0) is 0 Å². The van der Waals surface area contributed by atoms with Gasteiger partial charge < -0.3 is 9.52 Å². The van der Waals surface area contributed by atoms with Crippen LogP contribution in [0.2, 0.25) is 0 Å². The quantitative estimate of drug-likeness (QED) is 0.477. The maximum Gasteiger partial charge on any atom is 0.344 e. The molecule has 0 fully saturated rings. The van der Waals surface area contributed by atoms with Crippen molar-refractivity contribution in [3.8, 4) is 5.75 Å². The predicted octanol–water partition coefficient (Wildman–Crippen LogP) is 2.79. The van der Waals surface area contributed by atoms with E-state index in [4.69, 9.17) is 4.42 Å². The van der Waals surface area contributed by atoms with E-state index < -0.39 is 11.4 Å². The second-order valence-corrected chi connectivity index (χ2v) is 3.74. The summed E-state index contributed by atoms with van der Waals surface area (Å²) in [6.45, 7) is 0. The summed E-state index contributed by atoms with van der Waals surface area (Å²) < 4.78 is 18.8. The normalized spacial score (nSPS) is 11.1. The highest BCUT2D eigenvalue weighted by atomic mass is 19.1. The molecule has 1 N–H and O–H groups in total. The molecule has 0 amide bonds. The average Bonchev–Trinajstić information content (AvgIpc) is 2.28. The van der Waals surface area contributed by atoms with E-state index in [2.05, 4.69) is 0 Å². The molecule has 2 aromatic carbocycles. The van der Waals surface area contributed by atoms with E-state index in [1.54, 1.807) is 24.3 Å². The molecule has 3 rings (SSSR count). The molecule has 3 nitrogen and oxygen atoms in total. The molecule has 0 aliphatic carbocycles. The van der Waals surface area contributed by atoms with E-state index in [-0.39, 0.29) is 16.7 Å². The van der Waals surface area contributed by atoms with Crippen LogP contribution in [0.25, 0.3) is 21.7 Å². The summed E-state index contributed by atoms with van der Waals surface area (Å²) in [5.74, 6) is -0.881. The number of benzene rings is 2. The van der Waals surface area contributed by atoms with Crippen LogP contribution in [0.5, 0.6) is 5.75 Å². The number of fused-ring (bicyclic) bond motifs is 3. The molecule has 0 unspecified atom stereocenters. The van der Waals surface area contributed by atoms with Crippen LogP contribution in [0.15, 0.2) is 45.6 Å². The topological polar surface area (TPSA) is 50.4 Å². The molecule has 4 heteroatoms. The number of hydrogen-bond acceptors (Lipinski definition) is 3. The zero-order valence-electron chi connectivity index (χ0n) is 8.61. The Morgan fingerprint density at radius 1 is 1.12 bits per heavy atom. The van der Waals surface area contributed by atoms with Gasteiger partial charge in [-0.05, 0) is 6.07 Å². The van der Waals surface area contributed by atoms with Crippen molar-refractivity contribution >= 4 is 21.7 Å². The summed E-state index contributed by atoms with van der Waals surface area (Å²) in [4.78, 5) is 11.6. The molecular formula is C13H7FO3. The fourth-order valence-electron chi connectivity index (χ4n) is 1.94. The Morgan fingerprint density at radius 2 is 1.82 bits per heavy atom. The summed E-state index contributed by atoms with van der Waals surface area (Å²) in [6, 6.07) is 8.85. The van der Waals surface area contributed by atoms with E-state index in [1.807, 2.05) is 0 Å². The van der Waals surface area contributed by atoms with Crippen LogP contribution in [0.1, 0.15) is 0 Å². The maximum absolute atomic E-state index is 13.8. The van der Waals surface area contributed by atoms with Crippen LogP contribution in [0.4, 0.5) is 4.39 Å². The second-order valence-electron chi connectivity index (χ2n) is 3.74. The number of hydrogen-bond donors (Lipinski definition) is 1. The van der Waals surface area contributed by atoms with Gasteiger partial charge in [-0.15, -0.1) is 0 Å². The number of aromatic hydroxyl groups is 1. The van der Waals surface area contributed by atoms with Crippen molar-refractivity contribution in [3.05, 3.63) is 52.6 Å². The molecule has 1 aromatic heterocycles. The van der Waals surface area contributed by atoms with Gasteiger partial charge in [0.05, 0.1) is 10.8 Å². The molecule has 0 radical (unpaired) electrons. The third-order valence-electron chi connectivity index (χ3n) is 2.66. The fraction of sp³-hybridized carbons (Fsp3) is 0. The molecule has 3 aromatic rings. The van der Waals surface area contributed by atoms with Crippen molar-refractivity contribution in [2.24, 2.45) is 0 Å². The Bertz CT molecular complexity index is 790. The number of phenolic OH excluding ortho intramolecular Hbond substituents is 1. The van der Waals surface area contributed by atoms with Gasteiger partial charge in [-0.3, -0.25) is 0 Å². The molecule has 1 heterocycles. The summed E-state index contributed by atoms with van der Waals surface area (Å²) in [5, 5.41) is 10.3. The molecule has 0 saturated carbocycles. The van der Waals surface area contributed by atoms with Gasteiger partial charge in [0, 0.05) is 17.5 Å². The molecule has 0 aliphatic heterocycles. The highest BCUT2D eigenvalue weighted by molar-refractivity contribution is 6.04. The fourth-order valence-corrected chi connectivity index (χ4v) is 1.94. The lowest BCUT2D eigenvalue weighted by atomic mass is 10.1. The molecule has 0 saturated heterocycles. The minimum Gasteiger partial charge on any atom is -0.508 e. The number of rotatable bonds is 0. The van der Waals surface area contributed by atoms with Crippen molar-refractivity contribution in [3.63, 3.8) is 0 Å². The van der Waals surface area contributed by atoms with Gasteiger partial charge >= 0.3 is 5.63 Å². The van der Waals surface area contributed by atoms with Gasteiger partial charge in [0.25, 0.3) is 0 Å². The van der Waals surface area contributed by atoms with Crippen molar-refractivity contribution in [2.75, 3.05) is 0 Å². The largest absolute Gasteiger partial charge is 0.508 e. The highest BCUT2D eigenvalue weighted by Crippen LogP contribution is 2.28. The lowest BCUT2D eigenvalue weighted by Gasteiger charge is -2.03. The first kappa shape index (κ1) is 9.84. The Morgan fingerprint density at radius 3 is 2.59 bits per heavy atom. The number of halogens is 1. The van der Waals surface area contributed by atoms with Gasteiger partial charge in [0.1, 0.15) is 17.1 Å². The van der Waals surface area contributed by atoms with Crippen LogP contribution in [-0.4, -0.2) is 5.11 Å². The smallest absolute Gasteiger partial charge is 0.344 e. The summed E-state index contributed by atoms with van der Waals surface area (Å²) in [6.07, 6.45) is 0. The molecule has 0 aliphatic rings. The van der Waals surface area contributed by atoms with Crippen molar-refractivity contribution < 1.29 is 13.9 Å². The maximum atomic E-state index is 13.8. The second kappa shape index (κ2) is 3.31. The first-order chi connectivity index (χ1) is 8.16. The standard InChI is InChI=1S/C13H7FO3/c14-10-5-7(15)6-11-12(10)8-3-1-2-4-9(8)13(16)17-11/h1-6,15H. The zero-order chi connectivity index (χ0) is 12.0. The van der Waals surface area contributed by atoms with Crippen molar-refractivity contribution in [2.45, 2.75) is 0 Å². The van der Waals surface area contributed by atoms with E-state index in [0.717, 1.165) is 6.07 Å². The summed E-state index contributed by atoms with van der Waals surface area (Å²) >= 11 is 0. The first-order valence-corrected chi connectivity index (χ1v) is 5.01. The average molecular weight is 230 g/mol.